The van der Waals surface area contributed by atoms with Gasteiger partial charge in [-0.3, -0.25) is 10.1 Å². The number of aliphatic imine (C=N–C) groups is 1. The molecule has 1 aliphatic rings. The van der Waals surface area contributed by atoms with Gasteiger partial charge < -0.3 is 9.15 Å². The van der Waals surface area contributed by atoms with Crippen LogP contribution in [0.4, 0.5) is 5.69 Å². The molecule has 0 bridgehead atoms. The molecule has 0 saturated carbocycles. The summed E-state index contributed by atoms with van der Waals surface area (Å²) in [6, 6.07) is 12.2. The zero-order valence-electron chi connectivity index (χ0n) is 14.8. The number of esters is 1. The Hall–Kier alpha value is -3.13. The Kier molecular flexibility index (Phi) is 5.34. The minimum Gasteiger partial charge on any atom is -0.457 e. The third-order valence-corrected chi connectivity index (χ3v) is 5.18. The Morgan fingerprint density at radius 1 is 0.967 bits per heavy atom. The van der Waals surface area contributed by atoms with Gasteiger partial charge in [0.15, 0.2) is 5.70 Å². The fourth-order valence-electron chi connectivity index (χ4n) is 2.69. The van der Waals surface area contributed by atoms with E-state index in [0.717, 1.165) is 6.07 Å². The van der Waals surface area contributed by atoms with Crippen LogP contribution in [-0.2, 0) is 9.53 Å². The molecule has 30 heavy (non-hydrogen) atoms. The standard InChI is InChI=1S/C20H9Cl3N2O5/c21-14-5-1-10(7-16(14)23)18-6-3-12(29-18)9-17-20(26)30-19(24-17)13-4-2-11(25(27)28)8-15(13)22/h1-9H/b17-9-. The molecule has 2 heterocycles. The molecule has 1 aromatic heterocycles. The van der Waals surface area contributed by atoms with E-state index in [1.807, 2.05) is 0 Å². The van der Waals surface area contributed by atoms with Crippen molar-refractivity contribution in [2.75, 3.05) is 0 Å². The maximum atomic E-state index is 12.2. The number of nitro groups is 1. The lowest BCUT2D eigenvalue weighted by atomic mass is 10.2. The molecule has 0 atom stereocenters. The monoisotopic (exact) mass is 462 g/mol. The minimum atomic E-state index is -0.702. The van der Waals surface area contributed by atoms with Crippen molar-refractivity contribution in [3.8, 4) is 11.3 Å². The summed E-state index contributed by atoms with van der Waals surface area (Å²) in [5.41, 5.74) is 0.782. The van der Waals surface area contributed by atoms with E-state index >= 15 is 0 Å². The number of halogens is 3. The van der Waals surface area contributed by atoms with Crippen LogP contribution in [0.25, 0.3) is 17.4 Å². The van der Waals surface area contributed by atoms with Crippen LogP contribution in [0.2, 0.25) is 15.1 Å². The van der Waals surface area contributed by atoms with Crippen molar-refractivity contribution >= 4 is 58.4 Å². The fourth-order valence-corrected chi connectivity index (χ4v) is 3.24. The number of cyclic esters (lactones) is 1. The molecule has 1 aliphatic heterocycles. The molecule has 3 aromatic rings. The molecule has 2 aromatic carbocycles. The molecule has 0 radical (unpaired) electrons. The van der Waals surface area contributed by atoms with Crippen molar-refractivity contribution in [3.05, 3.63) is 90.7 Å². The lowest BCUT2D eigenvalue weighted by molar-refractivity contribution is -0.384. The number of carbonyl (C=O) groups excluding carboxylic acids is 1. The van der Waals surface area contributed by atoms with Gasteiger partial charge in [0, 0.05) is 23.8 Å². The van der Waals surface area contributed by atoms with E-state index in [1.165, 1.54) is 18.2 Å². The number of benzene rings is 2. The number of furan rings is 1. The number of rotatable bonds is 4. The lowest BCUT2D eigenvalue weighted by Crippen LogP contribution is -2.06. The van der Waals surface area contributed by atoms with E-state index in [1.54, 1.807) is 30.3 Å². The summed E-state index contributed by atoms with van der Waals surface area (Å²) in [5, 5.41) is 11.7. The Bertz CT molecular complexity index is 1260. The number of nitro benzene ring substituents is 1. The third-order valence-electron chi connectivity index (χ3n) is 4.12. The first-order chi connectivity index (χ1) is 14.3. The van der Waals surface area contributed by atoms with Crippen LogP contribution < -0.4 is 0 Å². The summed E-state index contributed by atoms with van der Waals surface area (Å²) in [7, 11) is 0. The van der Waals surface area contributed by atoms with Gasteiger partial charge in [0.1, 0.15) is 11.5 Å². The Labute approximate surface area is 184 Å². The minimum absolute atomic E-state index is 0.00513. The van der Waals surface area contributed by atoms with Crippen molar-refractivity contribution in [2.24, 2.45) is 4.99 Å². The zero-order valence-corrected chi connectivity index (χ0v) is 17.0. The summed E-state index contributed by atoms with van der Waals surface area (Å²) in [6.45, 7) is 0. The highest BCUT2D eigenvalue weighted by Gasteiger charge is 2.27. The molecule has 0 N–H and O–H groups in total. The molecule has 0 aliphatic carbocycles. The second-order valence-electron chi connectivity index (χ2n) is 6.09. The highest BCUT2D eigenvalue weighted by atomic mass is 35.5. The summed E-state index contributed by atoms with van der Waals surface area (Å²) in [5.74, 6) is 0.131. The average molecular weight is 464 g/mol. The summed E-state index contributed by atoms with van der Waals surface area (Å²) in [6.07, 6.45) is 1.41. The number of carbonyl (C=O) groups is 1. The molecule has 10 heteroatoms. The van der Waals surface area contributed by atoms with Crippen LogP contribution in [0.3, 0.4) is 0 Å². The van der Waals surface area contributed by atoms with Crippen molar-refractivity contribution < 1.29 is 18.9 Å². The second kappa shape index (κ2) is 7.95. The van der Waals surface area contributed by atoms with Crippen molar-refractivity contribution in [2.45, 2.75) is 0 Å². The first-order valence-electron chi connectivity index (χ1n) is 8.34. The molecule has 150 valence electrons. The van der Waals surface area contributed by atoms with E-state index in [9.17, 15) is 14.9 Å². The second-order valence-corrected chi connectivity index (χ2v) is 7.31. The van der Waals surface area contributed by atoms with Gasteiger partial charge in [-0.15, -0.1) is 0 Å². The Morgan fingerprint density at radius 3 is 2.47 bits per heavy atom. The van der Waals surface area contributed by atoms with Crippen LogP contribution in [0.5, 0.6) is 0 Å². The van der Waals surface area contributed by atoms with Crippen LogP contribution in [-0.4, -0.2) is 16.8 Å². The SMILES string of the molecule is O=C1OC(c2ccc([N+](=O)[O-])cc2Cl)=N/C1=C\c1ccc(-c2ccc(Cl)c(Cl)c2)o1. The maximum Gasteiger partial charge on any atom is 0.363 e. The van der Waals surface area contributed by atoms with Crippen molar-refractivity contribution in [1.29, 1.82) is 0 Å². The maximum absolute atomic E-state index is 12.2. The van der Waals surface area contributed by atoms with Gasteiger partial charge in [0.2, 0.25) is 5.90 Å². The summed E-state index contributed by atoms with van der Waals surface area (Å²) < 4.78 is 10.9. The number of hydrogen-bond donors (Lipinski definition) is 0. The normalized spacial score (nSPS) is 14.7. The van der Waals surface area contributed by atoms with E-state index < -0.39 is 10.9 Å². The lowest BCUT2D eigenvalue weighted by Gasteiger charge is -2.02. The Balaban J connectivity index is 1.62. The molecule has 0 amide bonds. The summed E-state index contributed by atoms with van der Waals surface area (Å²) in [4.78, 5) is 26.6. The van der Waals surface area contributed by atoms with E-state index in [4.69, 9.17) is 44.0 Å². The largest absolute Gasteiger partial charge is 0.457 e. The first-order valence-corrected chi connectivity index (χ1v) is 9.47. The van der Waals surface area contributed by atoms with Gasteiger partial charge in [0.05, 0.1) is 25.6 Å². The molecule has 0 spiro atoms. The highest BCUT2D eigenvalue weighted by Crippen LogP contribution is 2.31. The molecule has 0 fully saturated rings. The van der Waals surface area contributed by atoms with Gasteiger partial charge in [0.25, 0.3) is 5.69 Å². The van der Waals surface area contributed by atoms with Crippen LogP contribution >= 0.6 is 34.8 Å². The first kappa shape index (κ1) is 20.2. The zero-order chi connectivity index (χ0) is 21.4. The quantitative estimate of drug-likeness (QED) is 0.200. The van der Waals surface area contributed by atoms with Gasteiger partial charge >= 0.3 is 5.97 Å². The van der Waals surface area contributed by atoms with Crippen LogP contribution in [0, 0.1) is 10.1 Å². The van der Waals surface area contributed by atoms with Crippen LogP contribution in [0.1, 0.15) is 11.3 Å². The van der Waals surface area contributed by atoms with Gasteiger partial charge in [-0.25, -0.2) is 9.79 Å². The molecule has 4 rings (SSSR count). The number of nitrogens with zero attached hydrogens (tertiary/aromatic N) is 2. The average Bonchev–Trinajstić information content (AvgIpc) is 3.31. The molecule has 0 unspecified atom stereocenters. The highest BCUT2D eigenvalue weighted by molar-refractivity contribution is 6.42. The van der Waals surface area contributed by atoms with Crippen LogP contribution in [0.15, 0.2) is 63.6 Å². The molecule has 0 saturated heterocycles. The molecule has 7 nitrogen and oxygen atoms in total. The molecular formula is C20H9Cl3N2O5. The number of non-ortho nitro benzene ring substituents is 1. The molecular weight excluding hydrogens is 455 g/mol. The van der Waals surface area contributed by atoms with E-state index in [2.05, 4.69) is 4.99 Å². The third kappa shape index (κ3) is 3.95. The predicted molar refractivity (Wildman–Crippen MR) is 113 cm³/mol. The Morgan fingerprint density at radius 2 is 1.77 bits per heavy atom. The smallest absolute Gasteiger partial charge is 0.363 e. The predicted octanol–water partition coefficient (Wildman–Crippen LogP) is 6.16. The number of ether oxygens (including phenoxy) is 1. The van der Waals surface area contributed by atoms with Gasteiger partial charge in [-0.1, -0.05) is 34.8 Å². The van der Waals surface area contributed by atoms with Crippen molar-refractivity contribution in [3.63, 3.8) is 0 Å². The van der Waals surface area contributed by atoms with E-state index in [0.29, 0.717) is 27.1 Å². The van der Waals surface area contributed by atoms with E-state index in [-0.39, 0.29) is 27.9 Å². The van der Waals surface area contributed by atoms with Crippen molar-refractivity contribution in [1.82, 2.24) is 0 Å². The number of hydrogen-bond acceptors (Lipinski definition) is 6. The van der Waals surface area contributed by atoms with Gasteiger partial charge in [-0.05, 0) is 36.4 Å². The van der Waals surface area contributed by atoms with Gasteiger partial charge in [-0.2, -0.15) is 0 Å². The topological polar surface area (TPSA) is 94.9 Å². The summed E-state index contributed by atoms with van der Waals surface area (Å²) >= 11 is 18.0. The fraction of sp³-hybridized carbons (Fsp3) is 0.